The summed E-state index contributed by atoms with van der Waals surface area (Å²) in [6.45, 7) is 0. The van der Waals surface area contributed by atoms with Crippen molar-refractivity contribution >= 4 is 17.6 Å². The first kappa shape index (κ1) is 12.6. The van der Waals surface area contributed by atoms with Gasteiger partial charge >= 0.3 is 5.97 Å². The van der Waals surface area contributed by atoms with Gasteiger partial charge < -0.3 is 9.84 Å². The van der Waals surface area contributed by atoms with E-state index in [1.807, 2.05) is 0 Å². The zero-order valence-electron chi connectivity index (χ0n) is 8.21. The van der Waals surface area contributed by atoms with E-state index in [9.17, 15) is 18.7 Å². The molecular formula is C9H8ClF2NO3. The monoisotopic (exact) mass is 251 g/mol. The first-order chi connectivity index (χ1) is 7.51. The minimum atomic E-state index is -2.86. The normalized spacial score (nSPS) is 10.6. The zero-order chi connectivity index (χ0) is 12.3. The van der Waals surface area contributed by atoms with Crippen LogP contribution in [0, 0.1) is 0 Å². The summed E-state index contributed by atoms with van der Waals surface area (Å²) in [7, 11) is 1.05. The highest BCUT2D eigenvalue weighted by molar-refractivity contribution is 6.17. The SMILES string of the molecule is COC(=O)c1nc(C(F)F)cc(CCl)c1O. The van der Waals surface area contributed by atoms with Crippen molar-refractivity contribution in [2.75, 3.05) is 7.11 Å². The molecule has 0 aliphatic carbocycles. The summed E-state index contributed by atoms with van der Waals surface area (Å²) in [6.07, 6.45) is -2.86. The molecule has 0 aliphatic rings. The Kier molecular flexibility index (Phi) is 4.00. The number of carbonyl (C=O) groups is 1. The van der Waals surface area contributed by atoms with Gasteiger partial charge in [0.15, 0.2) is 11.4 Å². The number of rotatable bonds is 3. The highest BCUT2D eigenvalue weighted by Crippen LogP contribution is 2.28. The Balaban J connectivity index is 3.35. The number of esters is 1. The summed E-state index contributed by atoms with van der Waals surface area (Å²) in [6, 6.07) is 0.944. The van der Waals surface area contributed by atoms with Crippen LogP contribution < -0.4 is 0 Å². The first-order valence-electron chi connectivity index (χ1n) is 4.16. The molecule has 1 rings (SSSR count). The Labute approximate surface area is 94.8 Å². The Morgan fingerprint density at radius 1 is 1.69 bits per heavy atom. The maximum atomic E-state index is 12.4. The number of nitrogens with zero attached hydrogens (tertiary/aromatic N) is 1. The molecule has 7 heteroatoms. The van der Waals surface area contributed by atoms with Gasteiger partial charge in [0.25, 0.3) is 6.43 Å². The quantitative estimate of drug-likeness (QED) is 0.661. The van der Waals surface area contributed by atoms with E-state index in [4.69, 9.17) is 11.6 Å². The van der Waals surface area contributed by atoms with E-state index in [1.54, 1.807) is 0 Å². The summed E-state index contributed by atoms with van der Waals surface area (Å²) < 4.78 is 29.1. The Morgan fingerprint density at radius 3 is 2.75 bits per heavy atom. The molecule has 1 aromatic rings. The molecule has 1 N–H and O–H groups in total. The van der Waals surface area contributed by atoms with Crippen molar-refractivity contribution in [3.8, 4) is 5.75 Å². The first-order valence-corrected chi connectivity index (χ1v) is 4.70. The molecule has 16 heavy (non-hydrogen) atoms. The lowest BCUT2D eigenvalue weighted by molar-refractivity contribution is 0.0588. The smallest absolute Gasteiger partial charge is 0.360 e. The van der Waals surface area contributed by atoms with Crippen LogP contribution in [-0.4, -0.2) is 23.2 Å². The van der Waals surface area contributed by atoms with Gasteiger partial charge in [0, 0.05) is 5.56 Å². The molecule has 1 heterocycles. The lowest BCUT2D eigenvalue weighted by Crippen LogP contribution is -2.08. The van der Waals surface area contributed by atoms with Crippen molar-refractivity contribution in [3.05, 3.63) is 23.0 Å². The van der Waals surface area contributed by atoms with Gasteiger partial charge in [0.1, 0.15) is 5.69 Å². The number of hydrogen-bond donors (Lipinski definition) is 1. The third kappa shape index (κ3) is 2.38. The Hall–Kier alpha value is -1.43. The maximum absolute atomic E-state index is 12.4. The van der Waals surface area contributed by atoms with Crippen molar-refractivity contribution in [2.45, 2.75) is 12.3 Å². The van der Waals surface area contributed by atoms with Crippen molar-refractivity contribution in [2.24, 2.45) is 0 Å². The number of aromatic nitrogens is 1. The highest BCUT2D eigenvalue weighted by Gasteiger charge is 2.21. The topological polar surface area (TPSA) is 59.4 Å². The van der Waals surface area contributed by atoms with E-state index in [0.29, 0.717) is 0 Å². The molecule has 0 saturated heterocycles. The van der Waals surface area contributed by atoms with E-state index >= 15 is 0 Å². The van der Waals surface area contributed by atoms with Crippen molar-refractivity contribution in [1.82, 2.24) is 4.98 Å². The summed E-state index contributed by atoms with van der Waals surface area (Å²) >= 11 is 5.44. The van der Waals surface area contributed by atoms with Crippen molar-refractivity contribution in [1.29, 1.82) is 0 Å². The largest absolute Gasteiger partial charge is 0.505 e. The van der Waals surface area contributed by atoms with Gasteiger partial charge in [-0.1, -0.05) is 0 Å². The molecule has 0 saturated carbocycles. The number of ether oxygens (including phenoxy) is 1. The molecule has 0 unspecified atom stereocenters. The Bertz CT molecular complexity index is 412. The molecular weight excluding hydrogens is 244 g/mol. The molecule has 0 bridgehead atoms. The second kappa shape index (κ2) is 5.07. The molecule has 0 amide bonds. The van der Waals surface area contributed by atoms with E-state index in [2.05, 4.69) is 9.72 Å². The van der Waals surface area contributed by atoms with Crippen LogP contribution in [0.15, 0.2) is 6.07 Å². The second-order valence-corrected chi connectivity index (χ2v) is 3.10. The van der Waals surface area contributed by atoms with Crippen LogP contribution in [-0.2, 0) is 10.6 Å². The Morgan fingerprint density at radius 2 is 2.31 bits per heavy atom. The van der Waals surface area contributed by atoms with Crippen LogP contribution in [0.3, 0.4) is 0 Å². The molecule has 0 spiro atoms. The molecule has 0 atom stereocenters. The van der Waals surface area contributed by atoms with Crippen molar-refractivity contribution < 1.29 is 23.4 Å². The van der Waals surface area contributed by atoms with Crippen LogP contribution in [0.5, 0.6) is 5.75 Å². The average Bonchev–Trinajstić information content (AvgIpc) is 2.28. The number of halogens is 3. The van der Waals surface area contributed by atoms with Gasteiger partial charge in [-0.05, 0) is 6.07 Å². The van der Waals surface area contributed by atoms with Gasteiger partial charge in [-0.3, -0.25) is 0 Å². The van der Waals surface area contributed by atoms with E-state index < -0.39 is 29.5 Å². The van der Waals surface area contributed by atoms with E-state index in [1.165, 1.54) is 0 Å². The molecule has 0 aromatic carbocycles. The van der Waals surface area contributed by atoms with E-state index in [0.717, 1.165) is 13.2 Å². The van der Waals surface area contributed by atoms with Crippen LogP contribution in [0.25, 0.3) is 0 Å². The van der Waals surface area contributed by atoms with Gasteiger partial charge in [-0.15, -0.1) is 11.6 Å². The van der Waals surface area contributed by atoms with E-state index in [-0.39, 0.29) is 11.4 Å². The van der Waals surface area contributed by atoms with Crippen LogP contribution in [0.4, 0.5) is 8.78 Å². The third-order valence-corrected chi connectivity index (χ3v) is 2.13. The predicted octanol–water partition coefficient (Wildman–Crippen LogP) is 2.25. The summed E-state index contributed by atoms with van der Waals surface area (Å²) in [5.41, 5.74) is -1.18. The third-order valence-electron chi connectivity index (χ3n) is 1.84. The molecule has 1 aromatic heterocycles. The maximum Gasteiger partial charge on any atom is 0.360 e. The van der Waals surface area contributed by atoms with Gasteiger partial charge in [0.05, 0.1) is 13.0 Å². The molecule has 0 fully saturated rings. The number of carbonyl (C=O) groups excluding carboxylic acids is 1. The fraction of sp³-hybridized carbons (Fsp3) is 0.333. The summed E-state index contributed by atoms with van der Waals surface area (Å²) in [5, 5.41) is 9.50. The fourth-order valence-electron chi connectivity index (χ4n) is 1.07. The fourth-order valence-corrected chi connectivity index (χ4v) is 1.27. The van der Waals surface area contributed by atoms with Crippen LogP contribution in [0.1, 0.15) is 28.2 Å². The van der Waals surface area contributed by atoms with Gasteiger partial charge in [0.2, 0.25) is 0 Å². The predicted molar refractivity (Wildman–Crippen MR) is 51.8 cm³/mol. The second-order valence-electron chi connectivity index (χ2n) is 2.83. The van der Waals surface area contributed by atoms with Gasteiger partial charge in [-0.25, -0.2) is 18.6 Å². The number of alkyl halides is 3. The number of pyridine rings is 1. The average molecular weight is 252 g/mol. The van der Waals surface area contributed by atoms with Crippen molar-refractivity contribution in [3.63, 3.8) is 0 Å². The minimum Gasteiger partial charge on any atom is -0.505 e. The minimum absolute atomic E-state index is 0.00682. The molecule has 4 nitrogen and oxygen atoms in total. The molecule has 0 aliphatic heterocycles. The molecule has 88 valence electrons. The highest BCUT2D eigenvalue weighted by atomic mass is 35.5. The number of aromatic hydroxyl groups is 1. The molecule has 0 radical (unpaired) electrons. The number of hydrogen-bond acceptors (Lipinski definition) is 4. The lowest BCUT2D eigenvalue weighted by atomic mass is 10.2. The summed E-state index contributed by atoms with van der Waals surface area (Å²) in [5.74, 6) is -1.74. The van der Waals surface area contributed by atoms with Crippen LogP contribution in [0.2, 0.25) is 0 Å². The van der Waals surface area contributed by atoms with Gasteiger partial charge in [-0.2, -0.15) is 0 Å². The standard InChI is InChI=1S/C9H8ClF2NO3/c1-16-9(15)6-7(14)4(3-10)2-5(13-6)8(11)12/h2,8,14H,3H2,1H3. The summed E-state index contributed by atoms with van der Waals surface area (Å²) in [4.78, 5) is 14.5. The lowest BCUT2D eigenvalue weighted by Gasteiger charge is -2.08. The number of methoxy groups -OCH3 is 1. The van der Waals surface area contributed by atoms with Crippen LogP contribution >= 0.6 is 11.6 Å². The zero-order valence-corrected chi connectivity index (χ0v) is 8.96.